The standard InChI is InChI=1S/C20H27N3O4S/c1-5-27-19-7-6-14(2)10-18(19)15(3)22-20(24)16(11-21)12-23(4)17-8-9-28(25,26)13-17/h6-7,10,12,15,17H,5,8-9,13H2,1-4H3,(H,22,24)/b16-12-. The maximum atomic E-state index is 12.6. The number of aryl methyl sites for hydroxylation is 1. The monoisotopic (exact) mass is 405 g/mol. The van der Waals surface area contributed by atoms with Crippen LogP contribution in [0.5, 0.6) is 5.75 Å². The number of nitrogens with one attached hydrogen (secondary N) is 1. The molecule has 2 unspecified atom stereocenters. The first kappa shape index (κ1) is 21.8. The third kappa shape index (κ3) is 5.49. The Morgan fingerprint density at radius 2 is 2.21 bits per heavy atom. The highest BCUT2D eigenvalue weighted by Gasteiger charge is 2.30. The van der Waals surface area contributed by atoms with Crippen molar-refractivity contribution in [3.8, 4) is 11.8 Å². The van der Waals surface area contributed by atoms with E-state index in [-0.39, 0.29) is 29.2 Å². The number of nitriles is 1. The van der Waals surface area contributed by atoms with Crippen molar-refractivity contribution in [2.75, 3.05) is 25.2 Å². The molecule has 0 aromatic heterocycles. The molecule has 1 amide bonds. The van der Waals surface area contributed by atoms with Gasteiger partial charge in [0.05, 0.1) is 24.2 Å². The first-order chi connectivity index (χ1) is 13.2. The molecule has 1 aromatic rings. The average molecular weight is 406 g/mol. The summed E-state index contributed by atoms with van der Waals surface area (Å²) < 4.78 is 28.9. The lowest BCUT2D eigenvalue weighted by atomic mass is 10.0. The van der Waals surface area contributed by atoms with Gasteiger partial charge in [0.2, 0.25) is 0 Å². The number of sulfone groups is 1. The van der Waals surface area contributed by atoms with E-state index >= 15 is 0 Å². The fourth-order valence-electron chi connectivity index (χ4n) is 3.19. The number of hydrogen-bond acceptors (Lipinski definition) is 6. The van der Waals surface area contributed by atoms with E-state index in [2.05, 4.69) is 5.32 Å². The zero-order chi connectivity index (χ0) is 20.9. The lowest BCUT2D eigenvalue weighted by molar-refractivity contribution is -0.117. The molecule has 1 fully saturated rings. The zero-order valence-corrected chi connectivity index (χ0v) is 17.5. The van der Waals surface area contributed by atoms with Crippen LogP contribution in [-0.2, 0) is 14.6 Å². The Morgan fingerprint density at radius 3 is 2.79 bits per heavy atom. The summed E-state index contributed by atoms with van der Waals surface area (Å²) in [6.07, 6.45) is 1.92. The third-order valence-corrected chi connectivity index (χ3v) is 6.51. The van der Waals surface area contributed by atoms with E-state index < -0.39 is 15.7 Å². The van der Waals surface area contributed by atoms with Crippen LogP contribution >= 0.6 is 0 Å². The zero-order valence-electron chi connectivity index (χ0n) is 16.7. The molecule has 0 spiro atoms. The molecule has 0 radical (unpaired) electrons. The van der Waals surface area contributed by atoms with Crippen LogP contribution in [0.25, 0.3) is 0 Å². The summed E-state index contributed by atoms with van der Waals surface area (Å²) in [6.45, 7) is 6.19. The van der Waals surface area contributed by atoms with Gasteiger partial charge in [0.1, 0.15) is 17.4 Å². The molecular weight excluding hydrogens is 378 g/mol. The van der Waals surface area contributed by atoms with E-state index in [1.165, 1.54) is 6.20 Å². The third-order valence-electron chi connectivity index (χ3n) is 4.76. The van der Waals surface area contributed by atoms with Crippen LogP contribution in [0.15, 0.2) is 30.0 Å². The highest BCUT2D eigenvalue weighted by molar-refractivity contribution is 7.91. The van der Waals surface area contributed by atoms with Crippen molar-refractivity contribution >= 4 is 15.7 Å². The molecule has 28 heavy (non-hydrogen) atoms. The summed E-state index contributed by atoms with van der Waals surface area (Å²) in [6, 6.07) is 7.08. The van der Waals surface area contributed by atoms with E-state index in [9.17, 15) is 18.5 Å². The van der Waals surface area contributed by atoms with Gasteiger partial charge in [-0.05, 0) is 33.3 Å². The predicted octanol–water partition coefficient (Wildman–Crippen LogP) is 2.10. The molecule has 2 rings (SSSR count). The molecule has 1 saturated heterocycles. The lowest BCUT2D eigenvalue weighted by Crippen LogP contribution is -2.32. The van der Waals surface area contributed by atoms with Crippen LogP contribution in [0.1, 0.15) is 37.4 Å². The minimum Gasteiger partial charge on any atom is -0.494 e. The number of amides is 1. The fourth-order valence-corrected chi connectivity index (χ4v) is 4.98. The van der Waals surface area contributed by atoms with Gasteiger partial charge in [-0.15, -0.1) is 0 Å². The molecule has 0 aliphatic carbocycles. The molecule has 152 valence electrons. The van der Waals surface area contributed by atoms with Gasteiger partial charge in [0.15, 0.2) is 9.84 Å². The quantitative estimate of drug-likeness (QED) is 0.551. The Morgan fingerprint density at radius 1 is 1.50 bits per heavy atom. The second-order valence-corrected chi connectivity index (χ2v) is 9.28. The van der Waals surface area contributed by atoms with Crippen molar-refractivity contribution in [3.05, 3.63) is 41.1 Å². The second-order valence-electron chi connectivity index (χ2n) is 7.05. The van der Waals surface area contributed by atoms with E-state index in [0.717, 1.165) is 11.1 Å². The van der Waals surface area contributed by atoms with Crippen molar-refractivity contribution in [2.24, 2.45) is 0 Å². The molecular formula is C20H27N3O4S. The maximum absolute atomic E-state index is 12.6. The van der Waals surface area contributed by atoms with E-state index in [1.807, 2.05) is 45.0 Å². The van der Waals surface area contributed by atoms with Gasteiger partial charge < -0.3 is 15.0 Å². The number of nitrogens with zero attached hydrogens (tertiary/aromatic N) is 2. The normalized spacial score (nSPS) is 19.5. The molecule has 1 aromatic carbocycles. The molecule has 0 bridgehead atoms. The summed E-state index contributed by atoms with van der Waals surface area (Å²) in [4.78, 5) is 14.2. The SMILES string of the molecule is CCOc1ccc(C)cc1C(C)NC(=O)/C(C#N)=C\N(C)C1CCS(=O)(=O)C1. The minimum atomic E-state index is -3.04. The Bertz CT molecular complexity index is 903. The van der Waals surface area contributed by atoms with Crippen LogP contribution in [0.4, 0.5) is 0 Å². The van der Waals surface area contributed by atoms with E-state index in [4.69, 9.17) is 4.74 Å². The van der Waals surface area contributed by atoms with Crippen molar-refractivity contribution in [1.29, 1.82) is 5.26 Å². The highest BCUT2D eigenvalue weighted by atomic mass is 32.2. The number of carbonyl (C=O) groups excluding carboxylic acids is 1. The summed E-state index contributed by atoms with van der Waals surface area (Å²) >= 11 is 0. The first-order valence-electron chi connectivity index (χ1n) is 9.25. The topological polar surface area (TPSA) is 99.5 Å². The minimum absolute atomic E-state index is 0.0394. The van der Waals surface area contributed by atoms with Gasteiger partial charge in [-0.25, -0.2) is 8.42 Å². The highest BCUT2D eigenvalue weighted by Crippen LogP contribution is 2.27. The van der Waals surface area contributed by atoms with Crippen LogP contribution < -0.4 is 10.1 Å². The molecule has 1 aliphatic heterocycles. The Balaban J connectivity index is 2.14. The van der Waals surface area contributed by atoms with Crippen LogP contribution in [-0.4, -0.2) is 50.4 Å². The number of carbonyl (C=O) groups is 1. The van der Waals surface area contributed by atoms with Gasteiger partial charge in [-0.3, -0.25) is 4.79 Å². The molecule has 8 heteroatoms. The summed E-state index contributed by atoms with van der Waals surface area (Å²) in [5.74, 6) is 0.357. The van der Waals surface area contributed by atoms with E-state index in [1.54, 1.807) is 11.9 Å². The van der Waals surface area contributed by atoms with Gasteiger partial charge in [-0.2, -0.15) is 5.26 Å². The Kier molecular flexibility index (Phi) is 7.08. The van der Waals surface area contributed by atoms with Gasteiger partial charge >= 0.3 is 0 Å². The van der Waals surface area contributed by atoms with Crippen molar-refractivity contribution in [3.63, 3.8) is 0 Å². The number of hydrogen-bond donors (Lipinski definition) is 1. The van der Waals surface area contributed by atoms with Crippen LogP contribution in [0.2, 0.25) is 0 Å². The molecule has 7 nitrogen and oxygen atoms in total. The fraction of sp³-hybridized carbons (Fsp3) is 0.500. The smallest absolute Gasteiger partial charge is 0.263 e. The van der Waals surface area contributed by atoms with E-state index in [0.29, 0.717) is 18.8 Å². The Hall–Kier alpha value is -2.53. The van der Waals surface area contributed by atoms with Crippen molar-refractivity contribution in [1.82, 2.24) is 10.2 Å². The lowest BCUT2D eigenvalue weighted by Gasteiger charge is -2.22. The number of rotatable bonds is 7. The van der Waals surface area contributed by atoms with Crippen molar-refractivity contribution < 1.29 is 17.9 Å². The predicted molar refractivity (Wildman–Crippen MR) is 107 cm³/mol. The molecule has 1 heterocycles. The van der Waals surface area contributed by atoms with Gasteiger partial charge in [0, 0.05) is 24.9 Å². The van der Waals surface area contributed by atoms with Crippen molar-refractivity contribution in [2.45, 2.75) is 39.3 Å². The summed E-state index contributed by atoms with van der Waals surface area (Å²) in [7, 11) is -1.35. The second kappa shape index (κ2) is 9.11. The number of ether oxygens (including phenoxy) is 1. The maximum Gasteiger partial charge on any atom is 0.263 e. The largest absolute Gasteiger partial charge is 0.494 e. The summed E-state index contributed by atoms with van der Waals surface area (Å²) in [5, 5.41) is 12.2. The summed E-state index contributed by atoms with van der Waals surface area (Å²) in [5.41, 5.74) is 1.81. The van der Waals surface area contributed by atoms with Gasteiger partial charge in [-0.1, -0.05) is 17.7 Å². The van der Waals surface area contributed by atoms with Crippen LogP contribution in [0, 0.1) is 18.3 Å². The first-order valence-corrected chi connectivity index (χ1v) is 11.1. The number of benzene rings is 1. The molecule has 2 atom stereocenters. The Labute approximate surface area is 166 Å². The molecule has 1 N–H and O–H groups in total. The van der Waals surface area contributed by atoms with Gasteiger partial charge in [0.25, 0.3) is 5.91 Å². The molecule has 0 saturated carbocycles. The average Bonchev–Trinajstić information content (AvgIpc) is 3.00. The molecule has 1 aliphatic rings. The van der Waals surface area contributed by atoms with Crippen LogP contribution in [0.3, 0.4) is 0 Å².